The van der Waals surface area contributed by atoms with Crippen LogP contribution in [0.25, 0.3) is 22.0 Å². The first-order valence-electron chi connectivity index (χ1n) is 10.2. The first-order valence-corrected chi connectivity index (χ1v) is 12.0. The standard InChI is InChI=1S/C24H24N4O3S2/c1-5-11-28-22(17-12-19(29-2)21(31-4)20(13-17)30-3)26-27-24(28)33-15-18-14-32-23(25-18)16-9-7-6-8-10-16/h5-10,12-14H,1,11,15H2,2-4H3. The maximum Gasteiger partial charge on any atom is 0.203 e. The van der Waals surface area contributed by atoms with Crippen LogP contribution in [0.2, 0.25) is 0 Å². The van der Waals surface area contributed by atoms with Gasteiger partial charge in [-0.25, -0.2) is 4.98 Å². The molecule has 33 heavy (non-hydrogen) atoms. The summed E-state index contributed by atoms with van der Waals surface area (Å²) in [5, 5.41) is 12.8. The van der Waals surface area contributed by atoms with E-state index in [9.17, 15) is 0 Å². The largest absolute Gasteiger partial charge is 0.493 e. The van der Waals surface area contributed by atoms with Crippen molar-refractivity contribution in [2.24, 2.45) is 0 Å². The summed E-state index contributed by atoms with van der Waals surface area (Å²) in [6.07, 6.45) is 1.82. The highest BCUT2D eigenvalue weighted by Gasteiger charge is 2.19. The van der Waals surface area contributed by atoms with Gasteiger partial charge >= 0.3 is 0 Å². The minimum Gasteiger partial charge on any atom is -0.493 e. The van der Waals surface area contributed by atoms with E-state index >= 15 is 0 Å². The zero-order valence-corrected chi connectivity index (χ0v) is 20.3. The van der Waals surface area contributed by atoms with Crippen LogP contribution in [-0.2, 0) is 12.3 Å². The summed E-state index contributed by atoms with van der Waals surface area (Å²) in [6, 6.07) is 13.9. The monoisotopic (exact) mass is 480 g/mol. The molecular formula is C24H24N4O3S2. The van der Waals surface area contributed by atoms with Crippen LogP contribution in [0.3, 0.4) is 0 Å². The molecule has 4 aromatic rings. The summed E-state index contributed by atoms with van der Waals surface area (Å²) in [6.45, 7) is 4.46. The summed E-state index contributed by atoms with van der Waals surface area (Å²) in [7, 11) is 4.76. The Morgan fingerprint density at radius 1 is 1.00 bits per heavy atom. The van der Waals surface area contributed by atoms with Gasteiger partial charge in [0.05, 0.1) is 27.0 Å². The number of thioether (sulfide) groups is 1. The Kier molecular flexibility index (Phi) is 7.31. The first-order chi connectivity index (χ1) is 16.2. The second kappa shape index (κ2) is 10.5. The lowest BCUT2D eigenvalue weighted by molar-refractivity contribution is 0.324. The Labute approximate surface area is 201 Å². The second-order valence-corrected chi connectivity index (χ2v) is 8.72. The van der Waals surface area contributed by atoms with Crippen LogP contribution < -0.4 is 14.2 Å². The van der Waals surface area contributed by atoms with Gasteiger partial charge in [-0.15, -0.1) is 28.1 Å². The van der Waals surface area contributed by atoms with Gasteiger partial charge in [-0.3, -0.25) is 4.57 Å². The summed E-state index contributed by atoms with van der Waals surface area (Å²) >= 11 is 3.23. The Bertz CT molecular complexity index is 1210. The van der Waals surface area contributed by atoms with E-state index in [2.05, 4.69) is 34.3 Å². The highest BCUT2D eigenvalue weighted by Crippen LogP contribution is 2.41. The lowest BCUT2D eigenvalue weighted by Gasteiger charge is -2.14. The van der Waals surface area contributed by atoms with Gasteiger partial charge < -0.3 is 14.2 Å². The molecule has 0 bridgehead atoms. The molecule has 2 aromatic carbocycles. The molecule has 0 aliphatic rings. The van der Waals surface area contributed by atoms with Gasteiger partial charge in [0.15, 0.2) is 22.5 Å². The number of thiazole rings is 1. The molecule has 0 spiro atoms. The van der Waals surface area contributed by atoms with E-state index in [0.29, 0.717) is 35.4 Å². The van der Waals surface area contributed by atoms with Crippen molar-refractivity contribution in [1.82, 2.24) is 19.7 Å². The summed E-state index contributed by atoms with van der Waals surface area (Å²) < 4.78 is 18.4. The van der Waals surface area contributed by atoms with E-state index < -0.39 is 0 Å². The Morgan fingerprint density at radius 2 is 1.73 bits per heavy atom. The van der Waals surface area contributed by atoms with E-state index in [-0.39, 0.29) is 0 Å². The Balaban J connectivity index is 1.60. The highest BCUT2D eigenvalue weighted by molar-refractivity contribution is 7.98. The van der Waals surface area contributed by atoms with E-state index in [0.717, 1.165) is 27.0 Å². The number of allylic oxidation sites excluding steroid dienone is 1. The predicted molar refractivity (Wildman–Crippen MR) is 132 cm³/mol. The number of hydrogen-bond acceptors (Lipinski definition) is 8. The quantitative estimate of drug-likeness (QED) is 0.217. The summed E-state index contributed by atoms with van der Waals surface area (Å²) in [4.78, 5) is 4.77. The third-order valence-electron chi connectivity index (χ3n) is 4.87. The van der Waals surface area contributed by atoms with E-state index in [1.165, 1.54) is 0 Å². The van der Waals surface area contributed by atoms with Crippen LogP contribution in [0.4, 0.5) is 0 Å². The van der Waals surface area contributed by atoms with Crippen molar-refractivity contribution >= 4 is 23.1 Å². The third-order valence-corrected chi connectivity index (χ3v) is 6.81. The highest BCUT2D eigenvalue weighted by atomic mass is 32.2. The number of rotatable bonds is 10. The average molecular weight is 481 g/mol. The van der Waals surface area contributed by atoms with Crippen molar-refractivity contribution in [3.05, 3.63) is 66.2 Å². The second-order valence-electron chi connectivity index (χ2n) is 6.92. The van der Waals surface area contributed by atoms with Crippen LogP contribution in [0.15, 0.2) is 65.7 Å². The van der Waals surface area contributed by atoms with Gasteiger partial charge in [0.1, 0.15) is 5.01 Å². The van der Waals surface area contributed by atoms with E-state index in [1.54, 1.807) is 44.4 Å². The van der Waals surface area contributed by atoms with Gasteiger partial charge in [-0.2, -0.15) is 0 Å². The zero-order chi connectivity index (χ0) is 23.2. The number of aromatic nitrogens is 4. The minimum atomic E-state index is 0.533. The molecule has 0 amide bonds. The van der Waals surface area contributed by atoms with Crippen molar-refractivity contribution in [2.45, 2.75) is 17.5 Å². The van der Waals surface area contributed by atoms with Crippen molar-refractivity contribution < 1.29 is 14.2 Å². The Morgan fingerprint density at radius 3 is 2.36 bits per heavy atom. The topological polar surface area (TPSA) is 71.3 Å². The molecule has 0 fully saturated rings. The fraction of sp³-hybridized carbons (Fsp3) is 0.208. The first kappa shape index (κ1) is 22.9. The van der Waals surface area contributed by atoms with Crippen LogP contribution in [0.5, 0.6) is 17.2 Å². The maximum atomic E-state index is 5.50. The van der Waals surface area contributed by atoms with Gasteiger partial charge in [0.2, 0.25) is 5.75 Å². The molecule has 2 heterocycles. The summed E-state index contributed by atoms with van der Waals surface area (Å²) in [5.74, 6) is 3.04. The lowest BCUT2D eigenvalue weighted by Crippen LogP contribution is -2.02. The predicted octanol–water partition coefficient (Wildman–Crippen LogP) is 5.57. The smallest absolute Gasteiger partial charge is 0.203 e. The fourth-order valence-electron chi connectivity index (χ4n) is 3.34. The molecule has 0 saturated carbocycles. The van der Waals surface area contributed by atoms with Crippen molar-refractivity contribution in [3.8, 4) is 39.2 Å². The molecule has 0 N–H and O–H groups in total. The van der Waals surface area contributed by atoms with E-state index in [1.807, 2.05) is 41.0 Å². The van der Waals surface area contributed by atoms with Crippen molar-refractivity contribution in [1.29, 1.82) is 0 Å². The van der Waals surface area contributed by atoms with Crippen LogP contribution in [-0.4, -0.2) is 41.1 Å². The fourth-order valence-corrected chi connectivity index (χ4v) is 5.11. The molecular weight excluding hydrogens is 456 g/mol. The van der Waals surface area contributed by atoms with Crippen molar-refractivity contribution in [3.63, 3.8) is 0 Å². The molecule has 0 aliphatic heterocycles. The van der Waals surface area contributed by atoms with Gasteiger partial charge in [0.25, 0.3) is 0 Å². The van der Waals surface area contributed by atoms with Crippen LogP contribution >= 0.6 is 23.1 Å². The lowest BCUT2D eigenvalue weighted by atomic mass is 10.1. The third kappa shape index (κ3) is 4.89. The number of hydrogen-bond donors (Lipinski definition) is 0. The molecule has 9 heteroatoms. The normalized spacial score (nSPS) is 10.8. The molecule has 170 valence electrons. The van der Waals surface area contributed by atoms with Crippen LogP contribution in [0, 0.1) is 0 Å². The molecule has 0 radical (unpaired) electrons. The molecule has 0 saturated heterocycles. The zero-order valence-electron chi connectivity index (χ0n) is 18.6. The number of methoxy groups -OCH3 is 3. The molecule has 0 aliphatic carbocycles. The van der Waals surface area contributed by atoms with Gasteiger partial charge in [-0.1, -0.05) is 48.2 Å². The molecule has 0 atom stereocenters. The SMILES string of the molecule is C=CCn1c(SCc2csc(-c3ccccc3)n2)nnc1-c1cc(OC)c(OC)c(OC)c1. The molecule has 4 rings (SSSR count). The molecule has 7 nitrogen and oxygen atoms in total. The molecule has 2 aromatic heterocycles. The number of ether oxygens (including phenoxy) is 3. The average Bonchev–Trinajstić information content (AvgIpc) is 3.50. The Hall–Kier alpha value is -3.30. The van der Waals surface area contributed by atoms with Gasteiger partial charge in [-0.05, 0) is 12.1 Å². The summed E-state index contributed by atoms with van der Waals surface area (Å²) in [5.41, 5.74) is 2.94. The van der Waals surface area contributed by atoms with Crippen LogP contribution in [0.1, 0.15) is 5.69 Å². The van der Waals surface area contributed by atoms with Crippen molar-refractivity contribution in [2.75, 3.05) is 21.3 Å². The number of benzene rings is 2. The maximum absolute atomic E-state index is 5.50. The minimum absolute atomic E-state index is 0.533. The molecule has 0 unspecified atom stereocenters. The number of nitrogens with zero attached hydrogens (tertiary/aromatic N) is 4. The van der Waals surface area contributed by atoms with Gasteiger partial charge in [0, 0.05) is 28.8 Å². The van der Waals surface area contributed by atoms with E-state index in [4.69, 9.17) is 19.2 Å².